The summed E-state index contributed by atoms with van der Waals surface area (Å²) in [5.74, 6) is 2.51. The molecule has 1 saturated heterocycles. The largest absolute Gasteiger partial charge is 0.496 e. The molecule has 1 aliphatic rings. The molecule has 2 rings (SSSR count). The minimum atomic E-state index is -0.0118. The van der Waals surface area contributed by atoms with E-state index in [0.717, 1.165) is 50.9 Å². The summed E-state index contributed by atoms with van der Waals surface area (Å²) >= 11 is 0. The zero-order chi connectivity index (χ0) is 19.7. The first-order chi connectivity index (χ1) is 13.1. The smallest absolute Gasteiger partial charge is 0.191 e. The SMILES string of the molecule is CCC(CC)CNC(=NC)NCC1(c2cc(C)ccc2OC)CCOCC1.I. The van der Waals surface area contributed by atoms with E-state index >= 15 is 0 Å². The van der Waals surface area contributed by atoms with Crippen LogP contribution in [-0.2, 0) is 10.2 Å². The van der Waals surface area contributed by atoms with E-state index in [4.69, 9.17) is 9.47 Å². The molecule has 28 heavy (non-hydrogen) atoms. The predicted octanol–water partition coefficient (Wildman–Crippen LogP) is 4.27. The molecule has 1 aromatic rings. The van der Waals surface area contributed by atoms with Gasteiger partial charge in [0.2, 0.25) is 0 Å². The maximum atomic E-state index is 5.71. The molecule has 1 heterocycles. The summed E-state index contributed by atoms with van der Waals surface area (Å²) in [7, 11) is 3.59. The molecule has 0 unspecified atom stereocenters. The van der Waals surface area contributed by atoms with Crippen molar-refractivity contribution in [2.45, 2.75) is 51.9 Å². The van der Waals surface area contributed by atoms with Gasteiger partial charge in [0.15, 0.2) is 5.96 Å². The Kier molecular flexibility index (Phi) is 11.2. The molecule has 0 spiro atoms. The van der Waals surface area contributed by atoms with Gasteiger partial charge in [-0.2, -0.15) is 0 Å². The maximum absolute atomic E-state index is 5.71. The highest BCUT2D eigenvalue weighted by molar-refractivity contribution is 14.0. The second kappa shape index (κ2) is 12.5. The van der Waals surface area contributed by atoms with Crippen LogP contribution in [0.5, 0.6) is 5.75 Å². The van der Waals surface area contributed by atoms with Crippen molar-refractivity contribution in [1.29, 1.82) is 0 Å². The maximum Gasteiger partial charge on any atom is 0.191 e. The van der Waals surface area contributed by atoms with E-state index in [1.807, 2.05) is 7.05 Å². The average molecular weight is 503 g/mol. The zero-order valence-electron chi connectivity index (χ0n) is 18.1. The lowest BCUT2D eigenvalue weighted by molar-refractivity contribution is 0.0505. The molecule has 0 atom stereocenters. The Morgan fingerprint density at radius 1 is 1.21 bits per heavy atom. The third-order valence-corrected chi connectivity index (χ3v) is 5.91. The van der Waals surface area contributed by atoms with Gasteiger partial charge in [-0.3, -0.25) is 4.99 Å². The van der Waals surface area contributed by atoms with Gasteiger partial charge in [-0.25, -0.2) is 0 Å². The Hall–Kier alpha value is -1.02. The summed E-state index contributed by atoms with van der Waals surface area (Å²) in [6, 6.07) is 6.47. The number of benzene rings is 1. The van der Waals surface area contributed by atoms with Crippen molar-refractivity contribution in [1.82, 2.24) is 10.6 Å². The van der Waals surface area contributed by atoms with Crippen LogP contribution < -0.4 is 15.4 Å². The van der Waals surface area contributed by atoms with Crippen LogP contribution in [0.15, 0.2) is 23.2 Å². The van der Waals surface area contributed by atoms with E-state index < -0.39 is 0 Å². The first-order valence-corrected chi connectivity index (χ1v) is 10.3. The summed E-state index contributed by atoms with van der Waals surface area (Å²) in [6.45, 7) is 9.95. The fraction of sp³-hybridized carbons (Fsp3) is 0.682. The molecule has 1 aliphatic heterocycles. The van der Waals surface area contributed by atoms with Crippen LogP contribution in [0.3, 0.4) is 0 Å². The standard InChI is InChI=1S/C22H37N3O2.HI/c1-6-18(7-2)15-24-21(23-4)25-16-22(10-12-27-13-11-22)19-14-17(3)8-9-20(19)26-5;/h8-9,14,18H,6-7,10-13,15-16H2,1-5H3,(H2,23,24,25);1H. The molecule has 5 nitrogen and oxygen atoms in total. The summed E-state index contributed by atoms with van der Waals surface area (Å²) < 4.78 is 11.4. The molecule has 0 aromatic heterocycles. The highest BCUT2D eigenvalue weighted by Gasteiger charge is 2.37. The Labute approximate surface area is 188 Å². The van der Waals surface area contributed by atoms with Gasteiger partial charge in [0.25, 0.3) is 0 Å². The highest BCUT2D eigenvalue weighted by atomic mass is 127. The molecule has 0 radical (unpaired) electrons. The van der Waals surface area contributed by atoms with Crippen molar-refractivity contribution in [3.63, 3.8) is 0 Å². The number of guanidine groups is 1. The molecular weight excluding hydrogens is 465 g/mol. The van der Waals surface area contributed by atoms with Crippen molar-refractivity contribution < 1.29 is 9.47 Å². The van der Waals surface area contributed by atoms with Crippen LogP contribution in [0, 0.1) is 12.8 Å². The van der Waals surface area contributed by atoms with Crippen LogP contribution in [-0.4, -0.2) is 46.4 Å². The second-order valence-corrected chi connectivity index (χ2v) is 7.59. The minimum absolute atomic E-state index is 0. The number of halogens is 1. The van der Waals surface area contributed by atoms with Gasteiger partial charge >= 0.3 is 0 Å². The van der Waals surface area contributed by atoms with Crippen LogP contribution in [0.1, 0.15) is 50.7 Å². The first-order valence-electron chi connectivity index (χ1n) is 10.3. The van der Waals surface area contributed by atoms with E-state index in [1.165, 1.54) is 24.0 Å². The fourth-order valence-electron chi connectivity index (χ4n) is 3.83. The molecule has 6 heteroatoms. The molecule has 0 aliphatic carbocycles. The Bertz CT molecular complexity index is 612. The first kappa shape index (κ1) is 25.0. The zero-order valence-corrected chi connectivity index (χ0v) is 20.5. The van der Waals surface area contributed by atoms with E-state index in [-0.39, 0.29) is 29.4 Å². The second-order valence-electron chi connectivity index (χ2n) is 7.59. The van der Waals surface area contributed by atoms with Gasteiger partial charge in [0, 0.05) is 44.3 Å². The van der Waals surface area contributed by atoms with Crippen LogP contribution in [0.4, 0.5) is 0 Å². The number of methoxy groups -OCH3 is 1. The van der Waals surface area contributed by atoms with E-state index in [1.54, 1.807) is 7.11 Å². The molecule has 0 bridgehead atoms. The van der Waals surface area contributed by atoms with Gasteiger partial charge in [-0.15, -0.1) is 24.0 Å². The Balaban J connectivity index is 0.00000392. The van der Waals surface area contributed by atoms with Crippen molar-refractivity contribution in [3.05, 3.63) is 29.3 Å². The quantitative estimate of drug-likeness (QED) is 0.316. The Morgan fingerprint density at radius 2 is 1.89 bits per heavy atom. The summed E-state index contributed by atoms with van der Waals surface area (Å²) in [5.41, 5.74) is 2.52. The Morgan fingerprint density at radius 3 is 2.46 bits per heavy atom. The lowest BCUT2D eigenvalue weighted by Crippen LogP contribution is -2.48. The van der Waals surface area contributed by atoms with Crippen LogP contribution in [0.25, 0.3) is 0 Å². The number of aryl methyl sites for hydroxylation is 1. The molecule has 0 saturated carbocycles. The lowest BCUT2D eigenvalue weighted by Gasteiger charge is -2.39. The van der Waals surface area contributed by atoms with Crippen molar-refractivity contribution in [2.75, 3.05) is 40.5 Å². The number of rotatable bonds is 8. The van der Waals surface area contributed by atoms with Crippen LogP contribution in [0.2, 0.25) is 0 Å². The van der Waals surface area contributed by atoms with Gasteiger partial charge in [-0.05, 0) is 31.7 Å². The lowest BCUT2D eigenvalue weighted by atomic mass is 9.73. The summed E-state index contributed by atoms with van der Waals surface area (Å²) in [4.78, 5) is 4.43. The number of nitrogens with zero attached hydrogens (tertiary/aromatic N) is 1. The van der Waals surface area contributed by atoms with Crippen LogP contribution >= 0.6 is 24.0 Å². The van der Waals surface area contributed by atoms with Gasteiger partial charge in [0.1, 0.15) is 5.75 Å². The molecule has 2 N–H and O–H groups in total. The third-order valence-electron chi connectivity index (χ3n) is 5.91. The summed E-state index contributed by atoms with van der Waals surface area (Å²) in [6.07, 6.45) is 4.32. The number of aliphatic imine (C=N–C) groups is 1. The highest BCUT2D eigenvalue weighted by Crippen LogP contribution is 2.40. The third kappa shape index (κ3) is 6.51. The number of nitrogens with one attached hydrogen (secondary N) is 2. The van der Waals surface area contributed by atoms with Gasteiger partial charge in [0.05, 0.1) is 7.11 Å². The van der Waals surface area contributed by atoms with Crippen molar-refractivity contribution in [3.8, 4) is 5.75 Å². The average Bonchev–Trinajstić information content (AvgIpc) is 2.71. The van der Waals surface area contributed by atoms with Crippen molar-refractivity contribution >= 4 is 29.9 Å². The molecular formula is C22H38IN3O2. The van der Waals surface area contributed by atoms with E-state index in [9.17, 15) is 0 Å². The normalized spacial score (nSPS) is 16.4. The molecule has 1 aromatic carbocycles. The predicted molar refractivity (Wildman–Crippen MR) is 128 cm³/mol. The number of hydrogen-bond donors (Lipinski definition) is 2. The van der Waals surface area contributed by atoms with E-state index in [2.05, 4.69) is 54.6 Å². The number of ether oxygens (including phenoxy) is 2. The minimum Gasteiger partial charge on any atom is -0.496 e. The fourth-order valence-corrected chi connectivity index (χ4v) is 3.83. The van der Waals surface area contributed by atoms with Gasteiger partial charge < -0.3 is 20.1 Å². The number of hydrogen-bond acceptors (Lipinski definition) is 3. The molecule has 0 amide bonds. The molecule has 160 valence electrons. The van der Waals surface area contributed by atoms with Gasteiger partial charge in [-0.1, -0.05) is 44.4 Å². The monoisotopic (exact) mass is 503 g/mol. The summed E-state index contributed by atoms with van der Waals surface area (Å²) in [5, 5.41) is 7.08. The van der Waals surface area contributed by atoms with E-state index in [0.29, 0.717) is 5.92 Å². The topological polar surface area (TPSA) is 54.9 Å². The van der Waals surface area contributed by atoms with Crippen molar-refractivity contribution in [2.24, 2.45) is 10.9 Å². The molecule has 1 fully saturated rings.